The molecule has 0 aliphatic carbocycles. The lowest BCUT2D eigenvalue weighted by Crippen LogP contribution is -2.49. The van der Waals surface area contributed by atoms with Gasteiger partial charge < -0.3 is 9.80 Å². The molecule has 32 heavy (non-hydrogen) atoms. The number of carbonyl (C=O) groups excluding carboxylic acids is 1. The molecule has 2 fully saturated rings. The Morgan fingerprint density at radius 3 is 2.47 bits per heavy atom. The number of nitrogens with zero attached hydrogens (tertiary/aromatic N) is 5. The van der Waals surface area contributed by atoms with E-state index in [1.807, 2.05) is 6.07 Å². The minimum Gasteiger partial charge on any atom is -0.371 e. The minimum absolute atomic E-state index is 0.132. The number of benzene rings is 1. The van der Waals surface area contributed by atoms with Crippen LogP contribution in [0.15, 0.2) is 30.5 Å². The van der Waals surface area contributed by atoms with Crippen LogP contribution in [0.2, 0.25) is 5.02 Å². The Kier molecular flexibility index (Phi) is 6.92. The maximum atomic E-state index is 12.8. The van der Waals surface area contributed by atoms with E-state index in [2.05, 4.69) is 31.8 Å². The zero-order chi connectivity index (χ0) is 22.7. The Morgan fingerprint density at radius 1 is 1.06 bits per heavy atom. The number of carbonyl (C=O) groups is 1. The lowest BCUT2D eigenvalue weighted by Gasteiger charge is -2.36. The lowest BCUT2D eigenvalue weighted by atomic mass is 10.1. The van der Waals surface area contributed by atoms with Gasteiger partial charge in [0.1, 0.15) is 0 Å². The number of anilines is 2. The molecule has 3 heterocycles. The van der Waals surface area contributed by atoms with E-state index in [-0.39, 0.29) is 11.8 Å². The van der Waals surface area contributed by atoms with Crippen LogP contribution >= 0.6 is 11.6 Å². The molecule has 0 bridgehead atoms. The second kappa shape index (κ2) is 9.68. The van der Waals surface area contributed by atoms with Crippen LogP contribution in [-0.4, -0.2) is 79.6 Å². The zero-order valence-corrected chi connectivity index (χ0v) is 19.8. The first-order chi connectivity index (χ1) is 15.3. The number of hydrogen-bond donors (Lipinski definition) is 1. The molecule has 0 radical (unpaired) electrons. The smallest absolute Gasteiger partial charge is 0.344 e. The third-order valence-corrected chi connectivity index (χ3v) is 6.67. The summed E-state index contributed by atoms with van der Waals surface area (Å²) in [6.45, 7) is 5.62. The first-order valence-corrected chi connectivity index (χ1v) is 13.1. The highest BCUT2D eigenvalue weighted by Crippen LogP contribution is 2.29. The van der Waals surface area contributed by atoms with Crippen molar-refractivity contribution < 1.29 is 13.2 Å². The van der Waals surface area contributed by atoms with Gasteiger partial charge in [-0.3, -0.25) is 9.62 Å². The summed E-state index contributed by atoms with van der Waals surface area (Å²) in [4.78, 5) is 19.3. The predicted molar refractivity (Wildman–Crippen MR) is 126 cm³/mol. The summed E-state index contributed by atoms with van der Waals surface area (Å²) in [7, 11) is -3.44. The Bertz CT molecular complexity index is 1060. The van der Waals surface area contributed by atoms with Crippen molar-refractivity contribution in [2.75, 3.05) is 55.1 Å². The number of piperidine rings is 1. The summed E-state index contributed by atoms with van der Waals surface area (Å²) in [5.74, 6) is 0.132. The fourth-order valence-electron chi connectivity index (χ4n) is 4.26. The molecule has 1 N–H and O–H groups in total. The first kappa shape index (κ1) is 22.9. The van der Waals surface area contributed by atoms with Crippen molar-refractivity contribution in [3.63, 3.8) is 0 Å². The van der Waals surface area contributed by atoms with Gasteiger partial charge in [-0.1, -0.05) is 17.7 Å². The third-order valence-electron chi connectivity index (χ3n) is 5.86. The molecule has 0 atom stereocenters. The van der Waals surface area contributed by atoms with Crippen molar-refractivity contribution >= 4 is 39.2 Å². The van der Waals surface area contributed by atoms with Gasteiger partial charge in [-0.05, 0) is 37.0 Å². The molecule has 1 aromatic carbocycles. The molecule has 2 saturated heterocycles. The van der Waals surface area contributed by atoms with Crippen molar-refractivity contribution in [1.29, 1.82) is 0 Å². The zero-order valence-electron chi connectivity index (χ0n) is 18.2. The molecular formula is C21H29ClN6O3S. The van der Waals surface area contributed by atoms with Crippen LogP contribution in [0.3, 0.4) is 0 Å². The number of hydrogen-bond acceptors (Lipinski definition) is 6. The van der Waals surface area contributed by atoms with Crippen molar-refractivity contribution in [2.45, 2.75) is 25.8 Å². The van der Waals surface area contributed by atoms with Crippen LogP contribution < -0.4 is 9.62 Å². The number of halogens is 1. The molecule has 9 nitrogen and oxygen atoms in total. The Hall–Kier alpha value is -2.30. The normalized spacial score (nSPS) is 18.1. The molecule has 2 aromatic rings. The highest BCUT2D eigenvalue weighted by atomic mass is 35.5. The second-order valence-electron chi connectivity index (χ2n) is 8.39. The van der Waals surface area contributed by atoms with Crippen molar-refractivity contribution in [2.24, 2.45) is 0 Å². The van der Waals surface area contributed by atoms with Crippen molar-refractivity contribution in [3.8, 4) is 0 Å². The maximum Gasteiger partial charge on any atom is 0.344 e. The SMILES string of the molecule is CS(=O)(=O)Nc1ccn(C(=O)N2CCN(Cc3ccc(Cl)cc3N3CCCCC3)CC2)n1. The van der Waals surface area contributed by atoms with Crippen LogP contribution in [0.5, 0.6) is 0 Å². The fraction of sp³-hybridized carbons (Fsp3) is 0.524. The number of aromatic nitrogens is 2. The molecule has 0 saturated carbocycles. The summed E-state index contributed by atoms with van der Waals surface area (Å²) in [6.07, 6.45) is 6.22. The minimum atomic E-state index is -3.44. The molecule has 4 rings (SSSR count). The average Bonchev–Trinajstić information content (AvgIpc) is 3.22. The van der Waals surface area contributed by atoms with Gasteiger partial charge in [0.05, 0.1) is 6.26 Å². The number of rotatable bonds is 5. The molecule has 2 aliphatic rings. The quantitative estimate of drug-likeness (QED) is 0.707. The summed E-state index contributed by atoms with van der Waals surface area (Å²) in [5, 5.41) is 4.79. The van der Waals surface area contributed by atoms with Crippen LogP contribution in [0.4, 0.5) is 16.3 Å². The predicted octanol–water partition coefficient (Wildman–Crippen LogP) is 2.68. The van der Waals surface area contributed by atoms with Gasteiger partial charge in [0.2, 0.25) is 10.0 Å². The molecule has 174 valence electrons. The second-order valence-corrected chi connectivity index (χ2v) is 10.6. The topological polar surface area (TPSA) is 90.8 Å². The fourth-order valence-corrected chi connectivity index (χ4v) is 4.91. The van der Waals surface area contributed by atoms with E-state index in [1.165, 1.54) is 47.5 Å². The largest absolute Gasteiger partial charge is 0.371 e. The van der Waals surface area contributed by atoms with E-state index < -0.39 is 10.0 Å². The molecule has 1 amide bonds. The Balaban J connectivity index is 1.36. The molecule has 0 unspecified atom stereocenters. The van der Waals surface area contributed by atoms with Gasteiger partial charge in [0, 0.05) is 68.8 Å². The van der Waals surface area contributed by atoms with Gasteiger partial charge in [-0.15, -0.1) is 5.10 Å². The summed E-state index contributed by atoms with van der Waals surface area (Å²) in [6, 6.07) is 7.35. The first-order valence-electron chi connectivity index (χ1n) is 10.9. The standard InChI is InChI=1S/C21H29ClN6O3S/c1-32(30,31)24-20-7-10-28(23-20)21(29)27-13-11-25(12-14-27)16-17-5-6-18(22)15-19(17)26-8-3-2-4-9-26/h5-7,10,15H,2-4,8-9,11-14,16H2,1H3,(H,23,24). The van der Waals surface area contributed by atoms with Crippen LogP contribution in [0.1, 0.15) is 24.8 Å². The number of nitrogens with one attached hydrogen (secondary N) is 1. The van der Waals surface area contributed by atoms with E-state index >= 15 is 0 Å². The lowest BCUT2D eigenvalue weighted by molar-refractivity contribution is 0.134. The Labute approximate surface area is 194 Å². The average molecular weight is 481 g/mol. The van der Waals surface area contributed by atoms with E-state index in [0.717, 1.165) is 44.0 Å². The van der Waals surface area contributed by atoms with E-state index in [4.69, 9.17) is 11.6 Å². The third kappa shape index (κ3) is 5.73. The molecule has 1 aromatic heterocycles. The van der Waals surface area contributed by atoms with Crippen molar-refractivity contribution in [1.82, 2.24) is 19.6 Å². The van der Waals surface area contributed by atoms with Crippen molar-refractivity contribution in [3.05, 3.63) is 41.0 Å². The van der Waals surface area contributed by atoms with Gasteiger partial charge in [0.15, 0.2) is 5.82 Å². The van der Waals surface area contributed by atoms with E-state index in [1.54, 1.807) is 4.90 Å². The van der Waals surface area contributed by atoms with Gasteiger partial charge in [-0.2, -0.15) is 4.68 Å². The summed E-state index contributed by atoms with van der Waals surface area (Å²) < 4.78 is 26.1. The highest BCUT2D eigenvalue weighted by Gasteiger charge is 2.24. The number of amides is 1. The summed E-state index contributed by atoms with van der Waals surface area (Å²) in [5.41, 5.74) is 2.48. The van der Waals surface area contributed by atoms with Crippen LogP contribution in [0.25, 0.3) is 0 Å². The highest BCUT2D eigenvalue weighted by molar-refractivity contribution is 7.92. The van der Waals surface area contributed by atoms with E-state index in [0.29, 0.717) is 13.1 Å². The number of sulfonamides is 1. The van der Waals surface area contributed by atoms with Crippen LogP contribution in [-0.2, 0) is 16.6 Å². The Morgan fingerprint density at radius 2 is 1.78 bits per heavy atom. The maximum absolute atomic E-state index is 12.8. The molecule has 0 spiro atoms. The number of piperazine rings is 1. The molecule has 2 aliphatic heterocycles. The summed E-state index contributed by atoms with van der Waals surface area (Å²) >= 11 is 6.30. The molecule has 11 heteroatoms. The molecular weight excluding hydrogens is 452 g/mol. The van der Waals surface area contributed by atoms with Gasteiger partial charge >= 0.3 is 6.03 Å². The van der Waals surface area contributed by atoms with Gasteiger partial charge in [0.25, 0.3) is 0 Å². The monoisotopic (exact) mass is 480 g/mol. The van der Waals surface area contributed by atoms with Crippen LogP contribution in [0, 0.1) is 0 Å². The van der Waals surface area contributed by atoms with E-state index in [9.17, 15) is 13.2 Å². The van der Waals surface area contributed by atoms with Gasteiger partial charge in [-0.25, -0.2) is 13.2 Å².